The molecule has 0 spiro atoms. The summed E-state index contributed by atoms with van der Waals surface area (Å²) in [7, 11) is 0. The molecule has 0 radical (unpaired) electrons. The maximum atomic E-state index is 11.7. The van der Waals surface area contributed by atoms with Crippen LogP contribution in [0.1, 0.15) is 34.6 Å². The summed E-state index contributed by atoms with van der Waals surface area (Å²) in [5.74, 6) is -1.36. The molecule has 0 aliphatic carbocycles. The fraction of sp³-hybridized carbons (Fsp3) is 0.833. The zero-order valence-corrected chi connectivity index (χ0v) is 17.6. The summed E-state index contributed by atoms with van der Waals surface area (Å²) >= 11 is 0. The number of nitrogens with one attached hydrogen (secondary N) is 3. The van der Waals surface area contributed by atoms with Gasteiger partial charge in [-0.15, -0.1) is 0 Å². The molecule has 0 bridgehead atoms. The third kappa shape index (κ3) is 5.65. The van der Waals surface area contributed by atoms with Gasteiger partial charge in [0.1, 0.15) is 30.4 Å². The Morgan fingerprint density at radius 3 is 1.77 bits per heavy atom. The van der Waals surface area contributed by atoms with Crippen molar-refractivity contribution < 1.29 is 43.9 Å². The van der Waals surface area contributed by atoms with Crippen LogP contribution < -0.4 is 16.0 Å². The maximum absolute atomic E-state index is 11.7. The number of carbonyl (C=O) groups is 3. The highest BCUT2D eigenvalue weighted by Crippen LogP contribution is 2.28. The lowest BCUT2D eigenvalue weighted by atomic mass is 9.93. The van der Waals surface area contributed by atoms with Crippen LogP contribution in [0, 0.1) is 0 Å². The SMILES string of the molecule is CC(=O)N[C@H]1[C@H](O[C@@H]2[C@H](O)[C@H](C)OC(O)[C@H]2NC(C)=O)O[C@H](C)[C@@H](NC(C)=O)[C@@H]1O. The van der Waals surface area contributed by atoms with Gasteiger partial charge in [-0.25, -0.2) is 0 Å². The quantitative estimate of drug-likeness (QED) is 0.265. The van der Waals surface area contributed by atoms with Crippen molar-refractivity contribution in [3.63, 3.8) is 0 Å². The number of hydrogen-bond donors (Lipinski definition) is 6. The normalized spacial score (nSPS) is 41.6. The van der Waals surface area contributed by atoms with E-state index in [1.165, 1.54) is 27.7 Å². The molecule has 2 heterocycles. The van der Waals surface area contributed by atoms with E-state index in [1.807, 2.05) is 0 Å². The molecule has 0 aromatic heterocycles. The van der Waals surface area contributed by atoms with Gasteiger partial charge in [0.25, 0.3) is 0 Å². The average Bonchev–Trinajstić information content (AvgIpc) is 2.62. The number of aliphatic hydroxyl groups is 3. The first-order valence-electron chi connectivity index (χ1n) is 9.74. The van der Waals surface area contributed by atoms with Gasteiger partial charge in [-0.05, 0) is 13.8 Å². The van der Waals surface area contributed by atoms with E-state index in [9.17, 15) is 29.7 Å². The Hall–Kier alpha value is -1.83. The van der Waals surface area contributed by atoms with E-state index in [0.717, 1.165) is 0 Å². The first-order valence-corrected chi connectivity index (χ1v) is 9.74. The van der Waals surface area contributed by atoms with Gasteiger partial charge in [-0.3, -0.25) is 14.4 Å². The van der Waals surface area contributed by atoms with Crippen LogP contribution in [0.15, 0.2) is 0 Å². The lowest BCUT2D eigenvalue weighted by Crippen LogP contribution is -2.70. The fourth-order valence-electron chi connectivity index (χ4n) is 3.72. The van der Waals surface area contributed by atoms with Crippen LogP contribution in [0.2, 0.25) is 0 Å². The van der Waals surface area contributed by atoms with Gasteiger partial charge in [0, 0.05) is 20.8 Å². The summed E-state index contributed by atoms with van der Waals surface area (Å²) < 4.78 is 16.9. The second-order valence-corrected chi connectivity index (χ2v) is 7.70. The summed E-state index contributed by atoms with van der Waals surface area (Å²) in [6.45, 7) is 6.88. The summed E-state index contributed by atoms with van der Waals surface area (Å²) in [4.78, 5) is 34.7. The van der Waals surface area contributed by atoms with E-state index in [2.05, 4.69) is 16.0 Å². The molecule has 0 saturated carbocycles. The molecule has 12 nitrogen and oxygen atoms in total. The van der Waals surface area contributed by atoms with Crippen molar-refractivity contribution in [1.29, 1.82) is 0 Å². The van der Waals surface area contributed by atoms with Gasteiger partial charge < -0.3 is 45.5 Å². The largest absolute Gasteiger partial charge is 0.389 e. The van der Waals surface area contributed by atoms with Crippen molar-refractivity contribution in [2.24, 2.45) is 0 Å². The van der Waals surface area contributed by atoms with Crippen molar-refractivity contribution in [3.05, 3.63) is 0 Å². The van der Waals surface area contributed by atoms with Crippen LogP contribution in [-0.4, -0.2) is 94.3 Å². The van der Waals surface area contributed by atoms with E-state index >= 15 is 0 Å². The Balaban J connectivity index is 2.29. The molecule has 0 aromatic carbocycles. The van der Waals surface area contributed by atoms with Crippen molar-refractivity contribution >= 4 is 17.7 Å². The number of ether oxygens (including phenoxy) is 3. The number of aliphatic hydroxyl groups excluding tert-OH is 3. The molecule has 3 amide bonds. The minimum absolute atomic E-state index is 0.391. The molecule has 10 atom stereocenters. The smallest absolute Gasteiger partial charge is 0.217 e. The van der Waals surface area contributed by atoms with E-state index in [4.69, 9.17) is 14.2 Å². The topological polar surface area (TPSA) is 176 Å². The first-order chi connectivity index (χ1) is 13.9. The van der Waals surface area contributed by atoms with E-state index < -0.39 is 78.9 Å². The average molecular weight is 433 g/mol. The molecule has 2 saturated heterocycles. The van der Waals surface area contributed by atoms with Crippen LogP contribution in [0.25, 0.3) is 0 Å². The molecule has 30 heavy (non-hydrogen) atoms. The Morgan fingerprint density at radius 2 is 1.23 bits per heavy atom. The molecule has 2 aliphatic rings. The predicted octanol–water partition coefficient (Wildman–Crippen LogP) is -2.91. The van der Waals surface area contributed by atoms with Gasteiger partial charge in [0.15, 0.2) is 12.6 Å². The summed E-state index contributed by atoms with van der Waals surface area (Å²) in [5.41, 5.74) is 0. The summed E-state index contributed by atoms with van der Waals surface area (Å²) in [6.07, 6.45) is -7.96. The molecule has 1 unspecified atom stereocenters. The lowest BCUT2D eigenvalue weighted by molar-refractivity contribution is -0.307. The van der Waals surface area contributed by atoms with Crippen LogP contribution >= 0.6 is 0 Å². The second-order valence-electron chi connectivity index (χ2n) is 7.70. The highest BCUT2D eigenvalue weighted by Gasteiger charge is 2.50. The standard InChI is InChI=1S/C18H31N3O9/c1-6-11(19-8(3)22)15(26)12(20-9(4)23)18(29-6)30-16-13(21-10(5)24)17(27)28-7(2)14(16)25/h6-7,11-18,25-27H,1-5H3,(H,19,22)(H,20,23)(H,21,24)/t6-,7+,11-,12-,13+,14-,15+,16+,17?,18+/m1/s1. The van der Waals surface area contributed by atoms with Gasteiger partial charge in [-0.2, -0.15) is 0 Å². The zero-order chi connectivity index (χ0) is 22.7. The molecule has 0 aromatic rings. The van der Waals surface area contributed by atoms with Crippen LogP contribution in [0.3, 0.4) is 0 Å². The Bertz CT molecular complexity index is 648. The van der Waals surface area contributed by atoms with Gasteiger partial charge >= 0.3 is 0 Å². The van der Waals surface area contributed by atoms with Crippen LogP contribution in [0.4, 0.5) is 0 Å². The van der Waals surface area contributed by atoms with Gasteiger partial charge in [-0.1, -0.05) is 0 Å². The Labute approximate surface area is 174 Å². The van der Waals surface area contributed by atoms with Crippen molar-refractivity contribution in [3.8, 4) is 0 Å². The lowest BCUT2D eigenvalue weighted by Gasteiger charge is -2.48. The minimum atomic E-state index is -1.46. The Morgan fingerprint density at radius 1 is 0.733 bits per heavy atom. The van der Waals surface area contributed by atoms with E-state index in [-0.39, 0.29) is 0 Å². The Kier molecular flexibility index (Phi) is 8.13. The molecular weight excluding hydrogens is 402 g/mol. The first kappa shape index (κ1) is 24.4. The van der Waals surface area contributed by atoms with Crippen molar-refractivity contribution in [1.82, 2.24) is 16.0 Å². The van der Waals surface area contributed by atoms with Gasteiger partial charge in [0.2, 0.25) is 17.7 Å². The second kappa shape index (κ2) is 9.98. The molecular formula is C18H31N3O9. The molecule has 6 N–H and O–H groups in total. The van der Waals surface area contributed by atoms with Crippen molar-refractivity contribution in [2.45, 2.75) is 95.8 Å². The summed E-state index contributed by atoms with van der Waals surface area (Å²) in [6, 6.07) is -3.05. The number of carbonyl (C=O) groups excluding carboxylic acids is 3. The molecule has 172 valence electrons. The number of rotatable bonds is 5. The zero-order valence-electron chi connectivity index (χ0n) is 17.6. The minimum Gasteiger partial charge on any atom is -0.389 e. The number of hydrogen-bond acceptors (Lipinski definition) is 9. The van der Waals surface area contributed by atoms with Gasteiger partial charge in [0.05, 0.1) is 18.2 Å². The number of amides is 3. The van der Waals surface area contributed by atoms with Crippen LogP contribution in [0.5, 0.6) is 0 Å². The third-order valence-corrected chi connectivity index (χ3v) is 5.12. The molecule has 12 heteroatoms. The monoisotopic (exact) mass is 433 g/mol. The van der Waals surface area contributed by atoms with Crippen molar-refractivity contribution in [2.75, 3.05) is 0 Å². The van der Waals surface area contributed by atoms with Crippen LogP contribution in [-0.2, 0) is 28.6 Å². The summed E-state index contributed by atoms with van der Waals surface area (Å²) in [5, 5.41) is 39.2. The maximum Gasteiger partial charge on any atom is 0.217 e. The molecule has 2 fully saturated rings. The third-order valence-electron chi connectivity index (χ3n) is 5.12. The fourth-order valence-corrected chi connectivity index (χ4v) is 3.72. The molecule has 2 aliphatic heterocycles. The highest BCUT2D eigenvalue weighted by atomic mass is 16.7. The molecule has 2 rings (SSSR count). The predicted molar refractivity (Wildman–Crippen MR) is 101 cm³/mol. The highest BCUT2D eigenvalue weighted by molar-refractivity contribution is 5.74. The van der Waals surface area contributed by atoms with E-state index in [1.54, 1.807) is 6.92 Å². The van der Waals surface area contributed by atoms with E-state index in [0.29, 0.717) is 0 Å².